The van der Waals surface area contributed by atoms with E-state index in [2.05, 4.69) is 14.5 Å². The van der Waals surface area contributed by atoms with Gasteiger partial charge in [-0.15, -0.1) is 0 Å². The van der Waals surface area contributed by atoms with Gasteiger partial charge >= 0.3 is 0 Å². The molecule has 88 valence electrons. The number of aromatic nitrogens is 3. The van der Waals surface area contributed by atoms with E-state index >= 15 is 0 Å². The fraction of sp³-hybridized carbons (Fsp3) is 0.333. The second kappa shape index (κ2) is 4.37. The monoisotopic (exact) mass is 249 g/mol. The van der Waals surface area contributed by atoms with Crippen LogP contribution in [0.3, 0.4) is 0 Å². The molecule has 0 unspecified atom stereocenters. The molecule has 0 atom stereocenters. The zero-order valence-corrected chi connectivity index (χ0v) is 9.97. The fourth-order valence-corrected chi connectivity index (χ4v) is 1.93. The molecule has 2 heterocycles. The van der Waals surface area contributed by atoms with Crippen molar-refractivity contribution in [2.45, 2.75) is 25.5 Å². The molecule has 0 spiro atoms. The van der Waals surface area contributed by atoms with Crippen LogP contribution in [0.5, 0.6) is 5.75 Å². The van der Waals surface area contributed by atoms with Crippen LogP contribution in [0.1, 0.15) is 24.6 Å². The molecule has 0 bridgehead atoms. The van der Waals surface area contributed by atoms with Gasteiger partial charge in [0.25, 0.3) is 0 Å². The van der Waals surface area contributed by atoms with Gasteiger partial charge in [0.05, 0.1) is 18.2 Å². The van der Waals surface area contributed by atoms with Crippen molar-refractivity contribution in [3.8, 4) is 5.75 Å². The maximum atomic E-state index is 5.92. The topological polar surface area (TPSA) is 39.9 Å². The molecule has 1 aliphatic carbocycles. The summed E-state index contributed by atoms with van der Waals surface area (Å²) >= 11 is 5.92. The molecule has 17 heavy (non-hydrogen) atoms. The Morgan fingerprint density at radius 1 is 1.47 bits per heavy atom. The highest BCUT2D eigenvalue weighted by Crippen LogP contribution is 2.35. The molecule has 2 aromatic heterocycles. The third-order valence-electron chi connectivity index (χ3n) is 2.79. The average molecular weight is 250 g/mol. The Bertz CT molecular complexity index is 522. The lowest BCUT2D eigenvalue weighted by molar-refractivity contribution is 0.294. The summed E-state index contributed by atoms with van der Waals surface area (Å²) in [4.78, 5) is 8.12. The van der Waals surface area contributed by atoms with Crippen molar-refractivity contribution in [3.05, 3.63) is 41.7 Å². The standard InChI is InChI=1S/C12H12ClN3O/c13-12-11(2-1-5-15-12)17-7-10-6-14-8-16(10)9-3-4-9/h1-2,5-6,8-9H,3-4,7H2. The Labute approximate surface area is 104 Å². The summed E-state index contributed by atoms with van der Waals surface area (Å²) in [6, 6.07) is 4.23. The number of ether oxygens (including phenoxy) is 1. The predicted molar refractivity (Wildman–Crippen MR) is 64.1 cm³/mol. The first-order valence-electron chi connectivity index (χ1n) is 5.58. The van der Waals surface area contributed by atoms with E-state index in [1.165, 1.54) is 12.8 Å². The van der Waals surface area contributed by atoms with Crippen LogP contribution in [-0.4, -0.2) is 14.5 Å². The van der Waals surface area contributed by atoms with Gasteiger partial charge in [-0.25, -0.2) is 9.97 Å². The van der Waals surface area contributed by atoms with Crippen LogP contribution in [0.15, 0.2) is 30.9 Å². The fourth-order valence-electron chi connectivity index (χ4n) is 1.76. The lowest BCUT2D eigenvalue weighted by atomic mass is 10.4. The Morgan fingerprint density at radius 2 is 2.35 bits per heavy atom. The molecule has 0 radical (unpaired) electrons. The Balaban J connectivity index is 1.71. The van der Waals surface area contributed by atoms with Crippen molar-refractivity contribution < 1.29 is 4.74 Å². The molecule has 1 fully saturated rings. The molecule has 0 N–H and O–H groups in total. The molecule has 5 heteroatoms. The molecule has 1 saturated carbocycles. The average Bonchev–Trinajstić information content (AvgIpc) is 3.08. The molecular weight excluding hydrogens is 238 g/mol. The minimum atomic E-state index is 0.394. The van der Waals surface area contributed by atoms with Gasteiger partial charge in [-0.1, -0.05) is 11.6 Å². The van der Waals surface area contributed by atoms with Crippen molar-refractivity contribution in [1.82, 2.24) is 14.5 Å². The van der Waals surface area contributed by atoms with E-state index in [9.17, 15) is 0 Å². The van der Waals surface area contributed by atoms with Crippen LogP contribution < -0.4 is 4.74 Å². The quantitative estimate of drug-likeness (QED) is 0.783. The number of pyridine rings is 1. The zero-order valence-electron chi connectivity index (χ0n) is 9.21. The van der Waals surface area contributed by atoms with E-state index < -0.39 is 0 Å². The first kappa shape index (κ1) is 10.6. The van der Waals surface area contributed by atoms with Crippen molar-refractivity contribution in [2.75, 3.05) is 0 Å². The summed E-state index contributed by atoms with van der Waals surface area (Å²) in [6.45, 7) is 0.474. The van der Waals surface area contributed by atoms with E-state index in [0.29, 0.717) is 23.6 Å². The van der Waals surface area contributed by atoms with Crippen molar-refractivity contribution >= 4 is 11.6 Å². The predicted octanol–water partition coefficient (Wildman–Crippen LogP) is 2.85. The molecule has 1 aliphatic rings. The molecular formula is C12H12ClN3O. The van der Waals surface area contributed by atoms with Crippen LogP contribution in [-0.2, 0) is 6.61 Å². The number of rotatable bonds is 4. The van der Waals surface area contributed by atoms with Crippen molar-refractivity contribution in [2.24, 2.45) is 0 Å². The maximum absolute atomic E-state index is 5.92. The van der Waals surface area contributed by atoms with Crippen molar-refractivity contribution in [1.29, 1.82) is 0 Å². The first-order valence-corrected chi connectivity index (χ1v) is 5.96. The maximum Gasteiger partial charge on any atom is 0.171 e. The normalized spacial score (nSPS) is 14.9. The smallest absolute Gasteiger partial charge is 0.171 e. The van der Waals surface area contributed by atoms with Gasteiger partial charge in [-0.05, 0) is 25.0 Å². The second-order valence-electron chi connectivity index (χ2n) is 4.10. The summed E-state index contributed by atoms with van der Waals surface area (Å²) in [6.07, 6.45) is 7.81. The zero-order chi connectivity index (χ0) is 11.7. The van der Waals surface area contributed by atoms with Gasteiger partial charge in [0, 0.05) is 12.2 Å². The summed E-state index contributed by atoms with van der Waals surface area (Å²) in [5.41, 5.74) is 1.08. The van der Waals surface area contributed by atoms with Crippen LogP contribution in [0.25, 0.3) is 0 Å². The van der Waals surface area contributed by atoms with E-state index in [1.807, 2.05) is 18.6 Å². The molecule has 4 nitrogen and oxygen atoms in total. The van der Waals surface area contributed by atoms with Gasteiger partial charge in [0.2, 0.25) is 0 Å². The highest BCUT2D eigenvalue weighted by Gasteiger charge is 2.25. The third kappa shape index (κ3) is 2.26. The second-order valence-corrected chi connectivity index (χ2v) is 4.46. The van der Waals surface area contributed by atoms with Crippen LogP contribution in [0, 0.1) is 0 Å². The Hall–Kier alpha value is -1.55. The van der Waals surface area contributed by atoms with Gasteiger partial charge in [0.1, 0.15) is 6.61 Å². The lowest BCUT2D eigenvalue weighted by Crippen LogP contribution is -2.04. The molecule has 0 amide bonds. The van der Waals surface area contributed by atoms with E-state index in [-0.39, 0.29) is 0 Å². The number of nitrogens with zero attached hydrogens (tertiary/aromatic N) is 3. The van der Waals surface area contributed by atoms with Gasteiger partial charge in [0.15, 0.2) is 10.9 Å². The first-order chi connectivity index (χ1) is 8.34. The van der Waals surface area contributed by atoms with Crippen LogP contribution >= 0.6 is 11.6 Å². The summed E-state index contributed by atoms with van der Waals surface area (Å²) in [5.74, 6) is 0.609. The lowest BCUT2D eigenvalue weighted by Gasteiger charge is -2.09. The Morgan fingerprint density at radius 3 is 3.12 bits per heavy atom. The number of hydrogen-bond acceptors (Lipinski definition) is 3. The highest BCUT2D eigenvalue weighted by atomic mass is 35.5. The number of halogens is 1. The van der Waals surface area contributed by atoms with Crippen LogP contribution in [0.2, 0.25) is 5.15 Å². The van der Waals surface area contributed by atoms with Gasteiger partial charge < -0.3 is 9.30 Å². The van der Waals surface area contributed by atoms with E-state index in [1.54, 1.807) is 12.3 Å². The minimum absolute atomic E-state index is 0.394. The molecule has 0 aromatic carbocycles. The third-order valence-corrected chi connectivity index (χ3v) is 3.07. The minimum Gasteiger partial charge on any atom is -0.484 e. The summed E-state index contributed by atoms with van der Waals surface area (Å²) in [5, 5.41) is 0.394. The molecule has 0 saturated heterocycles. The largest absolute Gasteiger partial charge is 0.484 e. The van der Waals surface area contributed by atoms with Crippen molar-refractivity contribution in [3.63, 3.8) is 0 Å². The molecule has 3 rings (SSSR count). The molecule has 0 aliphatic heterocycles. The summed E-state index contributed by atoms with van der Waals surface area (Å²) in [7, 11) is 0. The molecule has 2 aromatic rings. The number of hydrogen-bond donors (Lipinski definition) is 0. The number of imidazole rings is 1. The SMILES string of the molecule is Clc1ncccc1OCc1cncn1C1CC1. The van der Waals surface area contributed by atoms with E-state index in [0.717, 1.165) is 5.69 Å². The highest BCUT2D eigenvalue weighted by molar-refractivity contribution is 6.30. The summed E-state index contributed by atoms with van der Waals surface area (Å²) < 4.78 is 7.82. The Kier molecular flexibility index (Phi) is 2.73. The van der Waals surface area contributed by atoms with Gasteiger partial charge in [-0.3, -0.25) is 0 Å². The van der Waals surface area contributed by atoms with E-state index in [4.69, 9.17) is 16.3 Å². The van der Waals surface area contributed by atoms with Crippen LogP contribution in [0.4, 0.5) is 0 Å². The van der Waals surface area contributed by atoms with Gasteiger partial charge in [-0.2, -0.15) is 0 Å².